The number of hydrogen-bond donors (Lipinski definition) is 1. The number of rotatable bonds is 9. The number of aryl methyl sites for hydroxylation is 2. The number of nitrogens with zero attached hydrogens (tertiary/aromatic N) is 4. The summed E-state index contributed by atoms with van der Waals surface area (Å²) in [6.07, 6.45) is 4.65. The van der Waals surface area contributed by atoms with E-state index < -0.39 is 0 Å². The molecule has 4 rings (SSSR count). The summed E-state index contributed by atoms with van der Waals surface area (Å²) in [5.74, 6) is 2.49. The van der Waals surface area contributed by atoms with Crippen LogP contribution in [0.15, 0.2) is 59.9 Å². The van der Waals surface area contributed by atoms with Crippen LogP contribution in [0.1, 0.15) is 11.1 Å². The van der Waals surface area contributed by atoms with Gasteiger partial charge in [-0.1, -0.05) is 36.0 Å². The quantitative estimate of drug-likeness (QED) is 0.308. The van der Waals surface area contributed by atoms with Gasteiger partial charge in [-0.25, -0.2) is 14.6 Å². The van der Waals surface area contributed by atoms with Crippen LogP contribution in [-0.4, -0.2) is 40.2 Å². The molecular formula is C23H25N5O2S. The lowest BCUT2D eigenvalue weighted by Gasteiger charge is -2.10. The van der Waals surface area contributed by atoms with Gasteiger partial charge in [0.2, 0.25) is 0 Å². The molecule has 1 N–H and O–H groups in total. The summed E-state index contributed by atoms with van der Waals surface area (Å²) in [7, 11) is 3.35. The third kappa shape index (κ3) is 4.91. The monoisotopic (exact) mass is 435 g/mol. The van der Waals surface area contributed by atoms with E-state index in [2.05, 4.69) is 27.5 Å². The molecule has 31 heavy (non-hydrogen) atoms. The minimum atomic E-state index is 0.652. The first-order chi connectivity index (χ1) is 15.2. The maximum Gasteiger partial charge on any atom is 0.191 e. The van der Waals surface area contributed by atoms with E-state index in [4.69, 9.17) is 14.5 Å². The number of ether oxygens (including phenoxy) is 2. The highest BCUT2D eigenvalue weighted by atomic mass is 32.2. The zero-order valence-corrected chi connectivity index (χ0v) is 18.6. The van der Waals surface area contributed by atoms with E-state index in [9.17, 15) is 0 Å². The van der Waals surface area contributed by atoms with Gasteiger partial charge >= 0.3 is 0 Å². The van der Waals surface area contributed by atoms with Crippen LogP contribution in [0.2, 0.25) is 0 Å². The van der Waals surface area contributed by atoms with Crippen molar-refractivity contribution in [3.05, 3.63) is 65.9 Å². The van der Waals surface area contributed by atoms with Gasteiger partial charge < -0.3 is 14.8 Å². The van der Waals surface area contributed by atoms with Crippen molar-refractivity contribution in [2.24, 2.45) is 0 Å². The lowest BCUT2D eigenvalue weighted by atomic mass is 10.1. The first-order valence-corrected chi connectivity index (χ1v) is 11.2. The van der Waals surface area contributed by atoms with Crippen molar-refractivity contribution in [2.45, 2.75) is 24.7 Å². The molecule has 0 spiro atoms. The average Bonchev–Trinajstić information content (AvgIpc) is 3.24. The van der Waals surface area contributed by atoms with Crippen molar-refractivity contribution in [3.8, 4) is 11.5 Å². The van der Waals surface area contributed by atoms with Gasteiger partial charge in [0.1, 0.15) is 17.3 Å². The van der Waals surface area contributed by atoms with E-state index in [0.717, 1.165) is 46.9 Å². The number of aromatic nitrogens is 4. The molecule has 0 amide bonds. The SMILES string of the molecule is COc1ccc(CNc2nc(SC)nc3c2cnn3CCc2cccc(OC)c2)cc1. The van der Waals surface area contributed by atoms with E-state index in [1.165, 1.54) is 17.3 Å². The van der Waals surface area contributed by atoms with Crippen LogP contribution < -0.4 is 14.8 Å². The summed E-state index contributed by atoms with van der Waals surface area (Å²) < 4.78 is 12.5. The smallest absolute Gasteiger partial charge is 0.191 e. The Labute approximate surface area is 185 Å². The zero-order chi connectivity index (χ0) is 21.6. The number of hydrogen-bond acceptors (Lipinski definition) is 7. The standard InChI is InChI=1S/C23H25N5O2S/c1-29-18-9-7-17(8-10-18)14-24-21-20-15-25-28(22(20)27-23(26-21)31-3)12-11-16-5-4-6-19(13-16)30-2/h4-10,13,15H,11-12,14H2,1-3H3,(H,24,26,27). The lowest BCUT2D eigenvalue weighted by molar-refractivity contribution is 0.414. The van der Waals surface area contributed by atoms with Gasteiger partial charge in [0.15, 0.2) is 10.8 Å². The molecule has 2 aromatic carbocycles. The normalized spacial score (nSPS) is 10.9. The Morgan fingerprint density at radius 3 is 2.52 bits per heavy atom. The van der Waals surface area contributed by atoms with Gasteiger partial charge in [0, 0.05) is 13.1 Å². The van der Waals surface area contributed by atoms with Gasteiger partial charge in [-0.3, -0.25) is 0 Å². The van der Waals surface area contributed by atoms with Crippen LogP contribution in [0.3, 0.4) is 0 Å². The number of nitrogens with one attached hydrogen (secondary N) is 1. The minimum absolute atomic E-state index is 0.652. The number of fused-ring (bicyclic) bond motifs is 1. The Hall–Kier alpha value is -3.26. The van der Waals surface area contributed by atoms with E-state index in [-0.39, 0.29) is 0 Å². The Morgan fingerprint density at radius 2 is 1.77 bits per heavy atom. The van der Waals surface area contributed by atoms with Gasteiger partial charge in [0.05, 0.1) is 25.8 Å². The second-order valence-corrected chi connectivity index (χ2v) is 7.74. The molecule has 0 unspecified atom stereocenters. The molecule has 0 aliphatic carbocycles. The van der Waals surface area contributed by atoms with Crippen molar-refractivity contribution in [3.63, 3.8) is 0 Å². The van der Waals surface area contributed by atoms with Crippen molar-refractivity contribution in [2.75, 3.05) is 25.8 Å². The maximum atomic E-state index is 5.32. The molecule has 0 fully saturated rings. The van der Waals surface area contributed by atoms with Gasteiger partial charge in [0.25, 0.3) is 0 Å². The summed E-state index contributed by atoms with van der Waals surface area (Å²) in [6, 6.07) is 16.1. The Kier molecular flexibility index (Phi) is 6.57. The summed E-state index contributed by atoms with van der Waals surface area (Å²) in [5.41, 5.74) is 3.17. The first-order valence-electron chi connectivity index (χ1n) is 9.97. The van der Waals surface area contributed by atoms with Crippen LogP contribution in [-0.2, 0) is 19.5 Å². The van der Waals surface area contributed by atoms with Crippen LogP contribution in [0, 0.1) is 0 Å². The number of benzene rings is 2. The summed E-state index contributed by atoms with van der Waals surface area (Å²) >= 11 is 1.52. The molecule has 0 atom stereocenters. The maximum absolute atomic E-state index is 5.32. The first kappa shape index (κ1) is 21.0. The van der Waals surface area contributed by atoms with Crippen molar-refractivity contribution < 1.29 is 9.47 Å². The lowest BCUT2D eigenvalue weighted by Crippen LogP contribution is -2.07. The minimum Gasteiger partial charge on any atom is -0.497 e. The van der Waals surface area contributed by atoms with E-state index >= 15 is 0 Å². The van der Waals surface area contributed by atoms with Crippen LogP contribution in [0.4, 0.5) is 5.82 Å². The molecule has 0 aliphatic rings. The van der Waals surface area contributed by atoms with Crippen LogP contribution >= 0.6 is 11.8 Å². The van der Waals surface area contributed by atoms with Crippen LogP contribution in [0.25, 0.3) is 11.0 Å². The fraction of sp³-hybridized carbons (Fsp3) is 0.261. The highest BCUT2D eigenvalue weighted by Gasteiger charge is 2.13. The molecular weight excluding hydrogens is 410 g/mol. The molecule has 7 nitrogen and oxygen atoms in total. The molecule has 0 aliphatic heterocycles. The number of methoxy groups -OCH3 is 2. The fourth-order valence-electron chi connectivity index (χ4n) is 3.32. The summed E-state index contributed by atoms with van der Waals surface area (Å²) in [5, 5.41) is 9.66. The molecule has 8 heteroatoms. The van der Waals surface area contributed by atoms with Gasteiger partial charge in [-0.15, -0.1) is 0 Å². The summed E-state index contributed by atoms with van der Waals surface area (Å²) in [6.45, 7) is 1.37. The largest absolute Gasteiger partial charge is 0.497 e. The predicted octanol–water partition coefficient (Wildman–Crippen LogP) is 4.42. The Morgan fingerprint density at radius 1 is 0.968 bits per heavy atom. The molecule has 160 valence electrons. The molecule has 0 saturated carbocycles. The molecule has 2 heterocycles. The Balaban J connectivity index is 1.54. The Bertz CT molecular complexity index is 1160. The van der Waals surface area contributed by atoms with E-state index in [1.54, 1.807) is 14.2 Å². The zero-order valence-electron chi connectivity index (χ0n) is 17.8. The van der Waals surface area contributed by atoms with E-state index in [0.29, 0.717) is 11.7 Å². The molecule has 0 radical (unpaired) electrons. The van der Waals surface area contributed by atoms with Crippen molar-refractivity contribution in [1.29, 1.82) is 0 Å². The topological polar surface area (TPSA) is 74.1 Å². The third-order valence-corrected chi connectivity index (χ3v) is 5.57. The van der Waals surface area contributed by atoms with Crippen LogP contribution in [0.5, 0.6) is 11.5 Å². The molecule has 2 aromatic heterocycles. The van der Waals surface area contributed by atoms with Crippen molar-refractivity contribution >= 4 is 28.6 Å². The second kappa shape index (κ2) is 9.70. The molecule has 4 aromatic rings. The number of anilines is 1. The molecule has 0 saturated heterocycles. The molecule has 0 bridgehead atoms. The highest BCUT2D eigenvalue weighted by Crippen LogP contribution is 2.25. The fourth-order valence-corrected chi connectivity index (χ4v) is 3.68. The highest BCUT2D eigenvalue weighted by molar-refractivity contribution is 7.98. The van der Waals surface area contributed by atoms with Crippen molar-refractivity contribution in [1.82, 2.24) is 19.7 Å². The van der Waals surface area contributed by atoms with E-state index in [1.807, 2.05) is 53.5 Å². The second-order valence-electron chi connectivity index (χ2n) is 6.97. The summed E-state index contributed by atoms with van der Waals surface area (Å²) in [4.78, 5) is 9.38. The predicted molar refractivity (Wildman–Crippen MR) is 124 cm³/mol. The van der Waals surface area contributed by atoms with Gasteiger partial charge in [-0.2, -0.15) is 5.10 Å². The van der Waals surface area contributed by atoms with Gasteiger partial charge in [-0.05, 0) is 48.1 Å². The number of thioether (sulfide) groups is 1. The average molecular weight is 436 g/mol. The third-order valence-electron chi connectivity index (χ3n) is 5.02.